The summed E-state index contributed by atoms with van der Waals surface area (Å²) < 4.78 is 45.2. The highest BCUT2D eigenvalue weighted by Gasteiger charge is 2.30. The number of hydrogen-bond donors (Lipinski definition) is 1. The van der Waals surface area contributed by atoms with Gasteiger partial charge in [0.05, 0.1) is 5.56 Å². The number of halogens is 3. The van der Waals surface area contributed by atoms with Gasteiger partial charge in [0, 0.05) is 14.5 Å². The fourth-order valence-corrected chi connectivity index (χ4v) is 5.46. The zero-order valence-corrected chi connectivity index (χ0v) is 18.8. The topological polar surface area (TPSA) is 46.5 Å². The second-order valence-corrected chi connectivity index (χ2v) is 9.42. The highest BCUT2D eigenvalue weighted by atomic mass is 32.2. The molecule has 0 saturated carbocycles. The summed E-state index contributed by atoms with van der Waals surface area (Å²) in [4.78, 5) is 12.9. The minimum atomic E-state index is -4.33. The number of aryl methyl sites for hydroxylation is 3. The monoisotopic (exact) mass is 468 g/mol. The van der Waals surface area contributed by atoms with Crippen molar-refractivity contribution >= 4 is 39.2 Å². The zero-order chi connectivity index (χ0) is 22.6. The van der Waals surface area contributed by atoms with E-state index in [4.69, 9.17) is 9.84 Å². The number of fused-ring (bicyclic) bond motifs is 1. The van der Waals surface area contributed by atoms with Crippen LogP contribution in [0.5, 0.6) is 5.75 Å². The van der Waals surface area contributed by atoms with Crippen molar-refractivity contribution in [2.75, 3.05) is 12.4 Å². The first-order valence-corrected chi connectivity index (χ1v) is 11.7. The number of alkyl halides is 3. The molecule has 1 N–H and O–H groups in total. The number of carboxylic acids is 1. The van der Waals surface area contributed by atoms with Crippen LogP contribution in [0.15, 0.2) is 41.3 Å². The molecule has 0 aliphatic carbocycles. The minimum absolute atomic E-state index is 0.363. The molecule has 0 spiro atoms. The number of carbonyl (C=O) groups is 1. The van der Waals surface area contributed by atoms with Gasteiger partial charge in [-0.2, -0.15) is 13.2 Å². The Morgan fingerprint density at radius 3 is 2.65 bits per heavy atom. The van der Waals surface area contributed by atoms with Crippen molar-refractivity contribution in [3.8, 4) is 5.75 Å². The largest absolute Gasteiger partial charge is 0.482 e. The molecule has 3 nitrogen and oxygen atoms in total. The Hall–Kier alpha value is -2.19. The number of rotatable bonds is 9. The van der Waals surface area contributed by atoms with E-state index in [9.17, 15) is 18.0 Å². The summed E-state index contributed by atoms with van der Waals surface area (Å²) in [7, 11) is 0. The first-order valence-electron chi connectivity index (χ1n) is 9.88. The molecule has 0 saturated heterocycles. The summed E-state index contributed by atoms with van der Waals surface area (Å²) in [5.74, 6) is 0.458. The van der Waals surface area contributed by atoms with Gasteiger partial charge in [-0.3, -0.25) is 0 Å². The lowest BCUT2D eigenvalue weighted by Gasteiger charge is -2.10. The van der Waals surface area contributed by atoms with Crippen LogP contribution in [0.25, 0.3) is 10.1 Å². The van der Waals surface area contributed by atoms with Gasteiger partial charge in [-0.05, 0) is 84.9 Å². The predicted octanol–water partition coefficient (Wildman–Crippen LogP) is 6.98. The third-order valence-electron chi connectivity index (χ3n) is 4.94. The van der Waals surface area contributed by atoms with Gasteiger partial charge >= 0.3 is 12.1 Å². The molecule has 1 heterocycles. The average molecular weight is 469 g/mol. The lowest BCUT2D eigenvalue weighted by molar-refractivity contribution is -0.139. The Labute approximate surface area is 187 Å². The molecule has 0 unspecified atom stereocenters. The Morgan fingerprint density at radius 1 is 1.19 bits per heavy atom. The quantitative estimate of drug-likeness (QED) is 0.272. The van der Waals surface area contributed by atoms with Crippen LogP contribution in [-0.4, -0.2) is 23.4 Å². The molecular weight excluding hydrogens is 445 g/mol. The Bertz CT molecular complexity index is 1070. The molecule has 3 aromatic rings. The van der Waals surface area contributed by atoms with Crippen molar-refractivity contribution in [3.05, 3.63) is 58.0 Å². The van der Waals surface area contributed by atoms with E-state index in [1.54, 1.807) is 35.2 Å². The van der Waals surface area contributed by atoms with Crippen LogP contribution < -0.4 is 4.74 Å². The van der Waals surface area contributed by atoms with Gasteiger partial charge in [0.2, 0.25) is 0 Å². The summed E-state index contributed by atoms with van der Waals surface area (Å²) in [6.45, 7) is 3.52. The van der Waals surface area contributed by atoms with Crippen molar-refractivity contribution in [1.29, 1.82) is 0 Å². The Morgan fingerprint density at radius 2 is 1.97 bits per heavy atom. The van der Waals surface area contributed by atoms with Crippen molar-refractivity contribution in [1.82, 2.24) is 0 Å². The molecular formula is C23H23F3O3S2. The van der Waals surface area contributed by atoms with Gasteiger partial charge in [-0.1, -0.05) is 6.92 Å². The molecule has 0 aliphatic heterocycles. The van der Waals surface area contributed by atoms with E-state index in [1.807, 2.05) is 26.0 Å². The zero-order valence-electron chi connectivity index (χ0n) is 17.2. The van der Waals surface area contributed by atoms with Crippen LogP contribution in [0, 0.1) is 6.92 Å². The second-order valence-electron chi connectivity index (χ2n) is 7.12. The van der Waals surface area contributed by atoms with Crippen molar-refractivity contribution in [2.24, 2.45) is 0 Å². The third-order valence-corrected chi connectivity index (χ3v) is 7.36. The molecule has 0 atom stereocenters. The van der Waals surface area contributed by atoms with Crippen LogP contribution >= 0.6 is 23.1 Å². The lowest BCUT2D eigenvalue weighted by Crippen LogP contribution is -2.10. The van der Waals surface area contributed by atoms with Gasteiger partial charge in [-0.25, -0.2) is 4.79 Å². The van der Waals surface area contributed by atoms with Crippen LogP contribution in [-0.2, 0) is 23.8 Å². The maximum atomic E-state index is 13.0. The predicted molar refractivity (Wildman–Crippen MR) is 120 cm³/mol. The number of thiophene rings is 1. The molecule has 1 aromatic heterocycles. The molecule has 2 aromatic carbocycles. The van der Waals surface area contributed by atoms with Crippen molar-refractivity contribution in [3.63, 3.8) is 0 Å². The lowest BCUT2D eigenvalue weighted by atomic mass is 10.1. The number of carboxylic acid groups (broad SMARTS) is 1. The summed E-state index contributed by atoms with van der Waals surface area (Å²) in [6.07, 6.45) is -1.86. The minimum Gasteiger partial charge on any atom is -0.482 e. The summed E-state index contributed by atoms with van der Waals surface area (Å²) in [5, 5.41) is 9.45. The highest BCUT2D eigenvalue weighted by Crippen LogP contribution is 2.37. The molecule has 0 bridgehead atoms. The van der Waals surface area contributed by atoms with Gasteiger partial charge < -0.3 is 9.84 Å². The van der Waals surface area contributed by atoms with E-state index >= 15 is 0 Å². The Balaban J connectivity index is 1.60. The average Bonchev–Trinajstić information content (AvgIpc) is 3.04. The van der Waals surface area contributed by atoms with Crippen LogP contribution in [0.2, 0.25) is 0 Å². The number of aliphatic carboxylic acids is 1. The van der Waals surface area contributed by atoms with E-state index in [-0.39, 0.29) is 6.61 Å². The van der Waals surface area contributed by atoms with E-state index in [0.717, 1.165) is 56.7 Å². The van der Waals surface area contributed by atoms with Crippen molar-refractivity contribution < 1.29 is 27.8 Å². The first kappa shape index (κ1) is 23.5. The smallest absolute Gasteiger partial charge is 0.416 e. The maximum Gasteiger partial charge on any atom is 0.416 e. The molecule has 166 valence electrons. The summed E-state index contributed by atoms with van der Waals surface area (Å²) in [6, 6.07) is 9.70. The maximum absolute atomic E-state index is 13.0. The summed E-state index contributed by atoms with van der Waals surface area (Å²) in [5.41, 5.74) is 1.29. The number of thioether (sulfide) groups is 1. The second kappa shape index (κ2) is 9.96. The number of benzene rings is 2. The third kappa shape index (κ3) is 5.95. The molecule has 3 rings (SSSR count). The molecule has 31 heavy (non-hydrogen) atoms. The Kier molecular flexibility index (Phi) is 7.54. The highest BCUT2D eigenvalue weighted by molar-refractivity contribution is 7.99. The first-order chi connectivity index (χ1) is 14.7. The number of ether oxygens (including phenoxy) is 1. The molecule has 0 radical (unpaired) electrons. The van der Waals surface area contributed by atoms with Gasteiger partial charge in [-0.15, -0.1) is 23.1 Å². The molecule has 8 heteroatoms. The van der Waals surface area contributed by atoms with E-state index < -0.39 is 17.7 Å². The van der Waals surface area contributed by atoms with E-state index in [2.05, 4.69) is 0 Å². The fourth-order valence-electron chi connectivity index (χ4n) is 3.31. The summed E-state index contributed by atoms with van der Waals surface area (Å²) >= 11 is 3.27. The molecule has 0 aliphatic rings. The van der Waals surface area contributed by atoms with Gasteiger partial charge in [0.25, 0.3) is 0 Å². The number of hydrogen-bond acceptors (Lipinski definition) is 4. The SMILES string of the molecule is CCc1cc(SCCCc2sc3ccc(C(F)(F)F)cc3c2C)ccc1OCC(=O)O. The van der Waals surface area contributed by atoms with Crippen LogP contribution in [0.4, 0.5) is 13.2 Å². The van der Waals surface area contributed by atoms with Crippen LogP contribution in [0.1, 0.15) is 34.9 Å². The van der Waals surface area contributed by atoms with E-state index in [1.165, 1.54) is 6.07 Å². The van der Waals surface area contributed by atoms with Crippen molar-refractivity contribution in [2.45, 2.75) is 44.2 Å². The van der Waals surface area contributed by atoms with Crippen LogP contribution in [0.3, 0.4) is 0 Å². The normalized spacial score (nSPS) is 11.8. The standard InChI is InChI=1S/C23H23F3O3S2/c1-3-15-11-17(7-8-19(15)29-13-22(27)28)30-10-4-5-20-14(2)18-12-16(23(24,25)26)6-9-21(18)31-20/h6-9,11-12H,3-5,10,13H2,1-2H3,(H,27,28). The van der Waals surface area contributed by atoms with Gasteiger partial charge in [0.15, 0.2) is 6.61 Å². The van der Waals surface area contributed by atoms with Gasteiger partial charge in [0.1, 0.15) is 5.75 Å². The molecule has 0 amide bonds. The molecule has 0 fully saturated rings. The fraction of sp³-hybridized carbons (Fsp3) is 0.348. The van der Waals surface area contributed by atoms with E-state index in [0.29, 0.717) is 11.1 Å².